The molecule has 0 N–H and O–H groups in total. The summed E-state index contributed by atoms with van der Waals surface area (Å²) in [4.78, 5) is 9.91. The molecule has 0 amide bonds. The number of hydrogen-bond donors (Lipinski definition) is 0. The first-order chi connectivity index (χ1) is 33.4. The Balaban J connectivity index is 1.45. The van der Waals surface area contributed by atoms with E-state index in [0.29, 0.717) is 56.1 Å². The summed E-state index contributed by atoms with van der Waals surface area (Å²) >= 11 is 0. The summed E-state index contributed by atoms with van der Waals surface area (Å²) in [6.07, 6.45) is -0.586. The van der Waals surface area contributed by atoms with E-state index >= 15 is 0 Å². The second-order valence-electron chi connectivity index (χ2n) is 17.2. The quantitative estimate of drug-likeness (QED) is 0.162. The summed E-state index contributed by atoms with van der Waals surface area (Å²) in [5.41, 5.74) is 7.38. The maximum Gasteiger partial charge on any atom is 0.149 e. The van der Waals surface area contributed by atoms with Crippen molar-refractivity contribution in [2.45, 2.75) is 79.9 Å². The van der Waals surface area contributed by atoms with Gasteiger partial charge in [0.2, 0.25) is 0 Å². The molecule has 6 aromatic carbocycles. The van der Waals surface area contributed by atoms with Crippen LogP contribution in [-0.2, 0) is 10.8 Å². The molecule has 2 aromatic heterocycles. The number of imidazole rings is 1. The molecular formula is C55H55N3O. The second kappa shape index (κ2) is 15.2. The highest BCUT2D eigenvalue weighted by Gasteiger charge is 2.25. The van der Waals surface area contributed by atoms with Crippen LogP contribution in [0.1, 0.15) is 92.7 Å². The molecule has 0 aliphatic heterocycles. The number of ether oxygens (including phenoxy) is 1. The molecule has 0 saturated heterocycles. The van der Waals surface area contributed by atoms with Crippen molar-refractivity contribution in [3.05, 3.63) is 167 Å². The van der Waals surface area contributed by atoms with Gasteiger partial charge in [-0.3, -0.25) is 9.55 Å². The molecule has 0 atom stereocenters. The summed E-state index contributed by atoms with van der Waals surface area (Å²) in [7, 11) is 1.61. The van der Waals surface area contributed by atoms with Crippen LogP contribution in [-0.4, -0.2) is 21.6 Å². The van der Waals surface area contributed by atoms with Crippen molar-refractivity contribution in [1.29, 1.82) is 0 Å². The van der Waals surface area contributed by atoms with Gasteiger partial charge in [0, 0.05) is 31.1 Å². The minimum absolute atomic E-state index is 0.0649. The molecule has 0 aliphatic carbocycles. The largest absolute Gasteiger partial charge is 0.496 e. The van der Waals surface area contributed by atoms with Gasteiger partial charge in [-0.1, -0.05) is 131 Å². The SMILES string of the molecule is [2H]c1nc(-c2cc(-c3cccc4c3nc(-c3cc(C)cc(C)c3OC)n4-c3ccc(C([2H])([2H])[2H])cc3-c3ccc(C(C)(C)C)cc3)cc(C(C)(C)C)c2)c([2H])c(-c2c([2H])c([2H])c(C([2H])([2H])[2H])c([2H])c2[2H])c1[2H]. The summed E-state index contributed by atoms with van der Waals surface area (Å²) < 4.78 is 119. The third-order valence-electron chi connectivity index (χ3n) is 10.7. The van der Waals surface area contributed by atoms with Crippen LogP contribution in [0.5, 0.6) is 5.75 Å². The van der Waals surface area contributed by atoms with Crippen molar-refractivity contribution in [1.82, 2.24) is 14.5 Å². The molecule has 0 fully saturated rings. The fraction of sp³-hybridized carbons (Fsp3) is 0.236. The highest BCUT2D eigenvalue weighted by Crippen LogP contribution is 2.43. The average Bonchev–Trinajstić information content (AvgIpc) is 3.68. The van der Waals surface area contributed by atoms with Crippen molar-refractivity contribution in [3.63, 3.8) is 0 Å². The van der Waals surface area contributed by atoms with Gasteiger partial charge in [-0.05, 0) is 131 Å². The van der Waals surface area contributed by atoms with Crippen molar-refractivity contribution >= 4 is 11.0 Å². The van der Waals surface area contributed by atoms with Gasteiger partial charge < -0.3 is 4.74 Å². The predicted octanol–water partition coefficient (Wildman–Crippen LogP) is 14.6. The van der Waals surface area contributed by atoms with Gasteiger partial charge in [-0.15, -0.1) is 0 Å². The zero-order chi connectivity index (χ0) is 52.9. The van der Waals surface area contributed by atoms with Crippen LogP contribution in [0.3, 0.4) is 0 Å². The Hall–Kier alpha value is -6.26. The molecule has 59 heavy (non-hydrogen) atoms. The number of pyridine rings is 1. The fourth-order valence-corrected chi connectivity index (χ4v) is 7.63. The Morgan fingerprint density at radius 2 is 1.32 bits per heavy atom. The summed E-state index contributed by atoms with van der Waals surface area (Å²) in [6.45, 7) is 11.1. The van der Waals surface area contributed by atoms with E-state index < -0.39 is 72.7 Å². The molecule has 8 rings (SSSR count). The molecule has 0 bridgehead atoms. The summed E-state index contributed by atoms with van der Waals surface area (Å²) in [6, 6.07) is 24.6. The van der Waals surface area contributed by atoms with E-state index in [1.807, 2.05) is 99.8 Å². The lowest BCUT2D eigenvalue weighted by Crippen LogP contribution is -2.11. The third-order valence-corrected chi connectivity index (χ3v) is 10.7. The summed E-state index contributed by atoms with van der Waals surface area (Å²) in [5, 5.41) is 0. The van der Waals surface area contributed by atoms with Crippen LogP contribution in [0, 0.1) is 27.6 Å². The van der Waals surface area contributed by atoms with E-state index in [4.69, 9.17) is 26.2 Å². The van der Waals surface area contributed by atoms with E-state index in [9.17, 15) is 1.37 Å². The standard InChI is InChI=1S/C55H55N3O/c1-34-15-18-38(19-16-34)40-25-26-56-48(33-40)42-30-41(31-44(32-42)55(8,9)10)45-13-12-14-50-51(45)57-53(47-29-36(3)27-37(4)52(47)59-11)58(50)49-24-17-35(2)28-46(49)39-20-22-43(23-21-39)54(5,6)7/h12-33H,1-11H3/i1D3,2D3,15D,16D,18D,19D,25D,26D,33D. The monoisotopic (exact) mass is 787 g/mol. The van der Waals surface area contributed by atoms with Gasteiger partial charge in [0.15, 0.2) is 0 Å². The first-order valence-electron chi connectivity index (χ1n) is 26.1. The van der Waals surface area contributed by atoms with Crippen LogP contribution >= 0.6 is 0 Å². The summed E-state index contributed by atoms with van der Waals surface area (Å²) in [5.74, 6) is 1.13. The third kappa shape index (κ3) is 7.72. The first-order valence-corrected chi connectivity index (χ1v) is 19.6. The molecule has 0 unspecified atom stereocenters. The minimum Gasteiger partial charge on any atom is -0.496 e. The number of fused-ring (bicyclic) bond motifs is 1. The van der Waals surface area contributed by atoms with Crippen LogP contribution in [0.2, 0.25) is 0 Å². The van der Waals surface area contributed by atoms with Gasteiger partial charge in [0.05, 0.1) is 44.7 Å². The maximum absolute atomic E-state index is 9.56. The number of aryl methyl sites for hydroxylation is 3. The Labute approximate surface area is 368 Å². The molecule has 8 aromatic rings. The van der Waals surface area contributed by atoms with Gasteiger partial charge in [0.1, 0.15) is 11.6 Å². The molecule has 0 aliphatic rings. The second-order valence-corrected chi connectivity index (χ2v) is 17.2. The van der Waals surface area contributed by atoms with Crippen LogP contribution in [0.25, 0.3) is 72.7 Å². The zero-order valence-electron chi connectivity index (χ0n) is 47.9. The molecule has 0 radical (unpaired) electrons. The number of aromatic nitrogens is 3. The fourth-order valence-electron chi connectivity index (χ4n) is 7.63. The number of hydrogen-bond acceptors (Lipinski definition) is 3. The van der Waals surface area contributed by atoms with Gasteiger partial charge in [-0.25, -0.2) is 4.98 Å². The van der Waals surface area contributed by atoms with E-state index in [1.54, 1.807) is 25.3 Å². The minimum atomic E-state index is -2.98. The average molecular weight is 787 g/mol. The van der Waals surface area contributed by atoms with Gasteiger partial charge in [0.25, 0.3) is 0 Å². The number of benzene rings is 6. The molecule has 0 saturated carbocycles. The number of methoxy groups -OCH3 is 1. The Kier molecular flexibility index (Phi) is 6.86. The van der Waals surface area contributed by atoms with E-state index in [1.165, 1.54) is 0 Å². The lowest BCUT2D eigenvalue weighted by Gasteiger charge is -2.22. The van der Waals surface area contributed by atoms with Crippen molar-refractivity contribution in [2.75, 3.05) is 7.11 Å². The zero-order valence-corrected chi connectivity index (χ0v) is 34.9. The van der Waals surface area contributed by atoms with E-state index in [-0.39, 0.29) is 22.2 Å². The maximum atomic E-state index is 9.56. The van der Waals surface area contributed by atoms with E-state index in [0.717, 1.165) is 27.8 Å². The highest BCUT2D eigenvalue weighted by molar-refractivity contribution is 5.98. The molecular weight excluding hydrogens is 719 g/mol. The number of rotatable bonds is 7. The normalized spacial score (nSPS) is 15.6. The topological polar surface area (TPSA) is 39.9 Å². The first kappa shape index (κ1) is 26.7. The van der Waals surface area contributed by atoms with Crippen molar-refractivity contribution in [3.8, 4) is 67.5 Å². The van der Waals surface area contributed by atoms with Crippen LogP contribution < -0.4 is 4.74 Å². The highest BCUT2D eigenvalue weighted by atomic mass is 16.5. The van der Waals surface area contributed by atoms with Crippen molar-refractivity contribution in [2.24, 2.45) is 0 Å². The van der Waals surface area contributed by atoms with Crippen molar-refractivity contribution < 1.29 is 22.6 Å². The van der Waals surface area contributed by atoms with Crippen LogP contribution in [0.4, 0.5) is 0 Å². The smallest absolute Gasteiger partial charge is 0.149 e. The van der Waals surface area contributed by atoms with Gasteiger partial charge >= 0.3 is 0 Å². The molecule has 4 heteroatoms. The molecule has 2 heterocycles. The Bertz CT molecular complexity index is 3460. The molecule has 0 spiro atoms. The lowest BCUT2D eigenvalue weighted by molar-refractivity contribution is 0.413. The number of para-hydroxylation sites is 1. The molecule has 296 valence electrons. The molecule has 4 nitrogen and oxygen atoms in total. The van der Waals surface area contributed by atoms with E-state index in [2.05, 4.69) is 37.9 Å². The predicted molar refractivity (Wildman–Crippen MR) is 249 cm³/mol. The van der Waals surface area contributed by atoms with Crippen LogP contribution in [0.15, 0.2) is 133 Å². The Morgan fingerprint density at radius 3 is 2.02 bits per heavy atom. The van der Waals surface area contributed by atoms with Gasteiger partial charge in [-0.2, -0.15) is 0 Å². The Morgan fingerprint density at radius 1 is 0.610 bits per heavy atom. The number of nitrogens with zero attached hydrogens (tertiary/aromatic N) is 3. The lowest BCUT2D eigenvalue weighted by atomic mass is 9.83.